The molecular weight excluding hydrogens is 212 g/mol. The van der Waals surface area contributed by atoms with Gasteiger partial charge < -0.3 is 15.4 Å². The molecule has 0 aromatic carbocycles. The van der Waals surface area contributed by atoms with Gasteiger partial charge in [-0.15, -0.1) is 0 Å². The minimum absolute atomic E-state index is 0.00419. The van der Waals surface area contributed by atoms with Crippen molar-refractivity contribution in [3.63, 3.8) is 0 Å². The molecule has 0 aromatic rings. The second-order valence-electron chi connectivity index (χ2n) is 4.57. The summed E-state index contributed by atoms with van der Waals surface area (Å²) in [5.74, 6) is -0.00419. The summed E-state index contributed by atoms with van der Waals surface area (Å²) < 4.78 is 5.72. The van der Waals surface area contributed by atoms with E-state index in [-0.39, 0.29) is 11.5 Å². The van der Waals surface area contributed by atoms with Crippen molar-refractivity contribution in [1.29, 1.82) is 0 Å². The van der Waals surface area contributed by atoms with Crippen LogP contribution in [-0.4, -0.2) is 28.8 Å². The van der Waals surface area contributed by atoms with Crippen molar-refractivity contribution in [3.05, 3.63) is 0 Å². The number of carbonyl (C=O) groups excluding carboxylic acids is 1. The van der Waals surface area contributed by atoms with Crippen LogP contribution in [0.3, 0.4) is 0 Å². The quantitative estimate of drug-likeness (QED) is 0.649. The van der Waals surface area contributed by atoms with Crippen LogP contribution in [0.4, 0.5) is 0 Å². The molecule has 2 saturated heterocycles. The Bertz CT molecular complexity index is 321. The molecule has 1 amide bonds. The zero-order chi connectivity index (χ0) is 11.1. The molecule has 2 aliphatic rings. The molecule has 2 rings (SSSR count). The van der Waals surface area contributed by atoms with Crippen LogP contribution in [0.1, 0.15) is 33.1 Å². The molecule has 2 atom stereocenters. The van der Waals surface area contributed by atoms with Gasteiger partial charge in [-0.05, 0) is 25.6 Å². The lowest BCUT2D eigenvalue weighted by atomic mass is 9.79. The van der Waals surface area contributed by atoms with Gasteiger partial charge in [0.15, 0.2) is 5.11 Å². The van der Waals surface area contributed by atoms with Gasteiger partial charge in [-0.3, -0.25) is 4.79 Å². The summed E-state index contributed by atoms with van der Waals surface area (Å²) in [4.78, 5) is 11.8. The molecule has 0 aromatic heterocycles. The average Bonchev–Trinajstić information content (AvgIpc) is 2.41. The van der Waals surface area contributed by atoms with Crippen molar-refractivity contribution < 1.29 is 9.53 Å². The Labute approximate surface area is 94.7 Å². The molecule has 0 aliphatic carbocycles. The Kier molecular flexibility index (Phi) is 2.47. The highest BCUT2D eigenvalue weighted by atomic mass is 32.1. The Morgan fingerprint density at radius 3 is 2.87 bits per heavy atom. The van der Waals surface area contributed by atoms with Crippen LogP contribution in [0, 0.1) is 0 Å². The van der Waals surface area contributed by atoms with E-state index >= 15 is 0 Å². The lowest BCUT2D eigenvalue weighted by Crippen LogP contribution is -2.56. The van der Waals surface area contributed by atoms with Crippen LogP contribution in [0.15, 0.2) is 0 Å². The maximum Gasteiger partial charge on any atom is 0.252 e. The standard InChI is InChI=1S/C10H16N2O2S/c1-3-9(2)6-10(4-5-14-9)7(13)11-8(15)12-10/h3-6H2,1-2H3,(H2,11,12,13,15). The second-order valence-corrected chi connectivity index (χ2v) is 4.98. The maximum atomic E-state index is 11.8. The van der Waals surface area contributed by atoms with Crippen molar-refractivity contribution >= 4 is 23.2 Å². The molecule has 2 aliphatic heterocycles. The van der Waals surface area contributed by atoms with E-state index in [1.165, 1.54) is 0 Å². The van der Waals surface area contributed by atoms with Crippen molar-refractivity contribution in [2.45, 2.75) is 44.2 Å². The van der Waals surface area contributed by atoms with Crippen LogP contribution >= 0.6 is 12.2 Å². The van der Waals surface area contributed by atoms with Crippen LogP contribution in [0.5, 0.6) is 0 Å². The van der Waals surface area contributed by atoms with E-state index in [0.29, 0.717) is 24.6 Å². The highest BCUT2D eigenvalue weighted by Gasteiger charge is 2.51. The van der Waals surface area contributed by atoms with Gasteiger partial charge in [0.05, 0.1) is 12.2 Å². The minimum Gasteiger partial charge on any atom is -0.375 e. The van der Waals surface area contributed by atoms with Crippen LogP contribution in [0.2, 0.25) is 0 Å². The van der Waals surface area contributed by atoms with Gasteiger partial charge in [-0.2, -0.15) is 0 Å². The van der Waals surface area contributed by atoms with Gasteiger partial charge in [0.2, 0.25) is 0 Å². The summed E-state index contributed by atoms with van der Waals surface area (Å²) in [5.41, 5.74) is -0.747. The monoisotopic (exact) mass is 228 g/mol. The fourth-order valence-electron chi connectivity index (χ4n) is 2.31. The highest BCUT2D eigenvalue weighted by molar-refractivity contribution is 7.80. The number of hydrogen-bond donors (Lipinski definition) is 2. The minimum atomic E-state index is -0.528. The van der Waals surface area contributed by atoms with E-state index < -0.39 is 5.54 Å². The number of hydrogen-bond acceptors (Lipinski definition) is 3. The third kappa shape index (κ3) is 1.74. The molecule has 0 bridgehead atoms. The second kappa shape index (κ2) is 3.42. The summed E-state index contributed by atoms with van der Waals surface area (Å²) in [6, 6.07) is 0. The van der Waals surface area contributed by atoms with Gasteiger partial charge in [0.25, 0.3) is 5.91 Å². The van der Waals surface area contributed by atoms with Gasteiger partial charge in [-0.25, -0.2) is 0 Å². The lowest BCUT2D eigenvalue weighted by Gasteiger charge is -2.42. The zero-order valence-corrected chi connectivity index (χ0v) is 9.87. The molecule has 15 heavy (non-hydrogen) atoms. The molecule has 1 spiro atoms. The first kappa shape index (κ1) is 10.8. The number of carbonyl (C=O) groups is 1. The zero-order valence-electron chi connectivity index (χ0n) is 9.05. The first-order valence-corrected chi connectivity index (χ1v) is 5.68. The number of ether oxygens (including phenoxy) is 1. The van der Waals surface area contributed by atoms with Crippen LogP contribution in [0.25, 0.3) is 0 Å². The molecule has 0 radical (unpaired) electrons. The average molecular weight is 228 g/mol. The molecule has 84 valence electrons. The highest BCUT2D eigenvalue weighted by Crippen LogP contribution is 2.36. The van der Waals surface area contributed by atoms with Crippen LogP contribution in [-0.2, 0) is 9.53 Å². The summed E-state index contributed by atoms with van der Waals surface area (Å²) in [7, 11) is 0. The van der Waals surface area contributed by atoms with E-state index in [0.717, 1.165) is 6.42 Å². The van der Waals surface area contributed by atoms with E-state index in [4.69, 9.17) is 17.0 Å². The normalized spacial score (nSPS) is 40.4. The maximum absolute atomic E-state index is 11.8. The fraction of sp³-hybridized carbons (Fsp3) is 0.800. The number of nitrogens with one attached hydrogen (secondary N) is 2. The topological polar surface area (TPSA) is 50.4 Å². The largest absolute Gasteiger partial charge is 0.375 e. The Morgan fingerprint density at radius 1 is 1.60 bits per heavy atom. The third-order valence-corrected chi connectivity index (χ3v) is 3.62. The molecule has 5 heteroatoms. The molecule has 2 fully saturated rings. The summed E-state index contributed by atoms with van der Waals surface area (Å²) in [6.45, 7) is 4.72. The smallest absolute Gasteiger partial charge is 0.252 e. The summed E-state index contributed by atoms with van der Waals surface area (Å²) in [5, 5.41) is 6.21. The molecule has 2 N–H and O–H groups in total. The Morgan fingerprint density at radius 2 is 2.33 bits per heavy atom. The van der Waals surface area contributed by atoms with Gasteiger partial charge in [-0.1, -0.05) is 6.92 Å². The van der Waals surface area contributed by atoms with E-state index in [2.05, 4.69) is 17.6 Å². The van der Waals surface area contributed by atoms with Crippen molar-refractivity contribution in [2.24, 2.45) is 0 Å². The SMILES string of the molecule is CCC1(C)CC2(CCO1)NC(=S)NC2=O. The molecule has 0 saturated carbocycles. The van der Waals surface area contributed by atoms with E-state index in [1.807, 2.05) is 6.92 Å². The first-order chi connectivity index (χ1) is 7.00. The van der Waals surface area contributed by atoms with Crippen molar-refractivity contribution in [3.8, 4) is 0 Å². The van der Waals surface area contributed by atoms with Crippen LogP contribution < -0.4 is 10.6 Å². The third-order valence-electron chi connectivity index (χ3n) is 3.42. The van der Waals surface area contributed by atoms with Gasteiger partial charge >= 0.3 is 0 Å². The predicted octanol–water partition coefficient (Wildman–Crippen LogP) is 0.709. The van der Waals surface area contributed by atoms with Gasteiger partial charge in [0, 0.05) is 12.8 Å². The molecule has 4 nitrogen and oxygen atoms in total. The molecule has 2 heterocycles. The number of thiocarbonyl (C=S) groups is 1. The predicted molar refractivity (Wildman–Crippen MR) is 60.5 cm³/mol. The summed E-state index contributed by atoms with van der Waals surface area (Å²) in [6.07, 6.45) is 2.27. The van der Waals surface area contributed by atoms with Crippen molar-refractivity contribution in [1.82, 2.24) is 10.6 Å². The van der Waals surface area contributed by atoms with E-state index in [1.54, 1.807) is 0 Å². The Balaban J connectivity index is 2.22. The number of rotatable bonds is 1. The summed E-state index contributed by atoms with van der Waals surface area (Å²) >= 11 is 4.98. The van der Waals surface area contributed by atoms with E-state index in [9.17, 15) is 4.79 Å². The van der Waals surface area contributed by atoms with Gasteiger partial charge in [0.1, 0.15) is 5.54 Å². The Hall–Kier alpha value is -0.680. The molecular formula is C10H16N2O2S. The first-order valence-electron chi connectivity index (χ1n) is 5.27. The fourth-order valence-corrected chi connectivity index (χ4v) is 2.59. The molecule has 2 unspecified atom stereocenters. The lowest BCUT2D eigenvalue weighted by molar-refractivity contribution is -0.138. The number of amides is 1. The van der Waals surface area contributed by atoms with Crippen molar-refractivity contribution in [2.75, 3.05) is 6.61 Å².